The first-order chi connectivity index (χ1) is 5.83. The van der Waals surface area contributed by atoms with Crippen molar-refractivity contribution in [1.82, 2.24) is 0 Å². The molecule has 0 aliphatic carbocycles. The molecule has 1 aromatic rings. The third kappa shape index (κ3) is 2.74. The van der Waals surface area contributed by atoms with Gasteiger partial charge < -0.3 is 4.74 Å². The lowest BCUT2D eigenvalue weighted by atomic mass is 10.2. The minimum Gasteiger partial charge on any atom is -0.461 e. The van der Waals surface area contributed by atoms with Gasteiger partial charge in [0.1, 0.15) is 6.61 Å². The highest BCUT2D eigenvalue weighted by Gasteiger charge is 1.97. The Morgan fingerprint density at radius 3 is 2.58 bits per heavy atom. The zero-order chi connectivity index (χ0) is 8.81. The lowest BCUT2D eigenvalue weighted by Gasteiger charge is -2.01. The molecule has 0 unspecified atom stereocenters. The van der Waals surface area contributed by atoms with Crippen LogP contribution < -0.4 is 0 Å². The van der Waals surface area contributed by atoms with E-state index in [2.05, 4.69) is 0 Å². The number of carbonyl (C=O) groups is 1. The standard InChI is InChI=1S/C10H10O2/c1-2-10(11)12-8-9-6-4-3-5-7-9/h1,3-7H,2,8H2. The molecule has 0 heterocycles. The molecule has 0 fully saturated rings. The van der Waals surface area contributed by atoms with Crippen LogP contribution in [0.25, 0.3) is 0 Å². The van der Waals surface area contributed by atoms with Crippen LogP contribution in [0.2, 0.25) is 0 Å². The molecule has 2 radical (unpaired) electrons. The van der Waals surface area contributed by atoms with Crippen molar-refractivity contribution in [3.63, 3.8) is 0 Å². The Morgan fingerprint density at radius 1 is 1.33 bits per heavy atom. The number of carbonyl (C=O) groups excluding carboxylic acids is 1. The Hall–Kier alpha value is -1.31. The number of hydrogen-bond donors (Lipinski definition) is 0. The van der Waals surface area contributed by atoms with Gasteiger partial charge in [-0.2, -0.15) is 0 Å². The average Bonchev–Trinajstić information content (AvgIpc) is 2.16. The summed E-state index contributed by atoms with van der Waals surface area (Å²) in [5.74, 6) is -0.376. The Kier molecular flexibility index (Phi) is 3.33. The van der Waals surface area contributed by atoms with Crippen LogP contribution in [0, 0.1) is 6.92 Å². The van der Waals surface area contributed by atoms with Gasteiger partial charge in [0.05, 0.1) is 0 Å². The minimum absolute atomic E-state index is 0.0627. The van der Waals surface area contributed by atoms with E-state index in [1.165, 1.54) is 0 Å². The van der Waals surface area contributed by atoms with Crippen LogP contribution in [0.15, 0.2) is 30.3 Å². The van der Waals surface area contributed by atoms with Crippen LogP contribution in [0.5, 0.6) is 0 Å². The third-order valence-corrected chi connectivity index (χ3v) is 1.41. The van der Waals surface area contributed by atoms with Crippen molar-refractivity contribution < 1.29 is 9.53 Å². The molecule has 62 valence electrons. The van der Waals surface area contributed by atoms with E-state index >= 15 is 0 Å². The normalized spacial score (nSPS) is 9.42. The summed E-state index contributed by atoms with van der Waals surface area (Å²) in [5.41, 5.74) is 0.972. The van der Waals surface area contributed by atoms with Crippen molar-refractivity contribution in [2.45, 2.75) is 13.0 Å². The van der Waals surface area contributed by atoms with Crippen LogP contribution in [-0.2, 0) is 16.1 Å². The molecule has 1 aromatic carbocycles. The van der Waals surface area contributed by atoms with E-state index in [-0.39, 0.29) is 12.4 Å². The highest BCUT2D eigenvalue weighted by atomic mass is 16.5. The maximum Gasteiger partial charge on any atom is 0.306 e. The summed E-state index contributed by atoms with van der Waals surface area (Å²) in [6, 6.07) is 9.49. The Balaban J connectivity index is 2.38. The van der Waals surface area contributed by atoms with Gasteiger partial charge in [0, 0.05) is 6.42 Å². The third-order valence-electron chi connectivity index (χ3n) is 1.41. The molecule has 0 aliphatic rings. The SMILES string of the molecule is [CH]CC(=O)OCc1ccccc1. The largest absolute Gasteiger partial charge is 0.461 e. The number of hydrogen-bond acceptors (Lipinski definition) is 2. The molecule has 12 heavy (non-hydrogen) atoms. The van der Waals surface area contributed by atoms with Gasteiger partial charge in [-0.3, -0.25) is 4.79 Å². The maximum absolute atomic E-state index is 10.6. The van der Waals surface area contributed by atoms with Crippen molar-refractivity contribution in [2.75, 3.05) is 0 Å². The van der Waals surface area contributed by atoms with E-state index in [1.807, 2.05) is 30.3 Å². The quantitative estimate of drug-likeness (QED) is 0.634. The van der Waals surface area contributed by atoms with Gasteiger partial charge in [-0.05, 0) is 12.5 Å². The number of ether oxygens (including phenoxy) is 1. The fraction of sp³-hybridized carbons (Fsp3) is 0.200. The fourth-order valence-corrected chi connectivity index (χ4v) is 0.797. The van der Waals surface area contributed by atoms with E-state index in [4.69, 9.17) is 11.7 Å². The molecular formula is C10H10O2. The lowest BCUT2D eigenvalue weighted by molar-refractivity contribution is -0.143. The summed E-state index contributed by atoms with van der Waals surface area (Å²) in [4.78, 5) is 10.6. The van der Waals surface area contributed by atoms with Crippen molar-refractivity contribution in [3.05, 3.63) is 42.8 Å². The molecule has 0 aromatic heterocycles. The van der Waals surface area contributed by atoms with E-state index in [0.717, 1.165) is 5.56 Å². The second-order valence-electron chi connectivity index (χ2n) is 2.35. The topological polar surface area (TPSA) is 26.3 Å². The number of rotatable bonds is 3. The van der Waals surface area contributed by atoms with Crippen LogP contribution in [0.3, 0.4) is 0 Å². The monoisotopic (exact) mass is 162 g/mol. The van der Waals surface area contributed by atoms with Crippen molar-refractivity contribution in [2.24, 2.45) is 0 Å². The van der Waals surface area contributed by atoms with Crippen molar-refractivity contribution in [3.8, 4) is 0 Å². The average molecular weight is 162 g/mol. The predicted octanol–water partition coefficient (Wildman–Crippen LogP) is 1.83. The molecule has 0 aliphatic heterocycles. The second-order valence-corrected chi connectivity index (χ2v) is 2.35. The first kappa shape index (κ1) is 8.78. The van der Waals surface area contributed by atoms with Gasteiger partial charge in [-0.15, -0.1) is 0 Å². The Morgan fingerprint density at radius 2 is 2.00 bits per heavy atom. The fourth-order valence-electron chi connectivity index (χ4n) is 0.797. The van der Waals surface area contributed by atoms with Gasteiger partial charge in [0.2, 0.25) is 0 Å². The molecule has 1 rings (SSSR count). The number of benzene rings is 1. The van der Waals surface area contributed by atoms with Gasteiger partial charge in [-0.25, -0.2) is 0 Å². The molecule has 0 atom stereocenters. The molecule has 2 heteroatoms. The first-order valence-corrected chi connectivity index (χ1v) is 3.72. The smallest absolute Gasteiger partial charge is 0.306 e. The van der Waals surface area contributed by atoms with Gasteiger partial charge in [0.15, 0.2) is 0 Å². The Bertz CT molecular complexity index is 241. The molecule has 0 amide bonds. The van der Waals surface area contributed by atoms with E-state index in [9.17, 15) is 4.79 Å². The van der Waals surface area contributed by atoms with E-state index < -0.39 is 0 Å². The summed E-state index contributed by atoms with van der Waals surface area (Å²) < 4.78 is 4.81. The zero-order valence-electron chi connectivity index (χ0n) is 6.69. The van der Waals surface area contributed by atoms with Gasteiger partial charge >= 0.3 is 5.97 Å². The summed E-state index contributed by atoms with van der Waals surface area (Å²) in [6.45, 7) is 5.36. The van der Waals surface area contributed by atoms with Crippen LogP contribution in [0.1, 0.15) is 12.0 Å². The predicted molar refractivity (Wildman–Crippen MR) is 45.2 cm³/mol. The molecule has 0 bridgehead atoms. The summed E-state index contributed by atoms with van der Waals surface area (Å²) in [7, 11) is 0. The second kappa shape index (κ2) is 4.54. The Labute approximate surface area is 72.2 Å². The first-order valence-electron chi connectivity index (χ1n) is 3.72. The minimum atomic E-state index is -0.376. The van der Waals surface area contributed by atoms with E-state index in [1.54, 1.807) is 0 Å². The maximum atomic E-state index is 10.6. The van der Waals surface area contributed by atoms with Crippen molar-refractivity contribution in [1.29, 1.82) is 0 Å². The molecule has 0 saturated carbocycles. The highest BCUT2D eigenvalue weighted by molar-refractivity contribution is 5.69. The molecule has 0 saturated heterocycles. The van der Waals surface area contributed by atoms with Crippen LogP contribution in [0.4, 0.5) is 0 Å². The molecular weight excluding hydrogens is 152 g/mol. The summed E-state index contributed by atoms with van der Waals surface area (Å²) >= 11 is 0. The zero-order valence-corrected chi connectivity index (χ0v) is 6.69. The molecule has 0 spiro atoms. The molecule has 0 N–H and O–H groups in total. The van der Waals surface area contributed by atoms with Gasteiger partial charge in [-0.1, -0.05) is 30.3 Å². The van der Waals surface area contributed by atoms with E-state index in [0.29, 0.717) is 6.61 Å². The molecule has 2 nitrogen and oxygen atoms in total. The van der Waals surface area contributed by atoms with Gasteiger partial charge in [0.25, 0.3) is 0 Å². The van der Waals surface area contributed by atoms with Crippen LogP contribution >= 0.6 is 0 Å². The highest BCUT2D eigenvalue weighted by Crippen LogP contribution is 2.00. The van der Waals surface area contributed by atoms with Crippen molar-refractivity contribution >= 4 is 5.97 Å². The summed E-state index contributed by atoms with van der Waals surface area (Å²) in [5, 5.41) is 0. The van der Waals surface area contributed by atoms with Crippen LogP contribution in [-0.4, -0.2) is 5.97 Å². The number of esters is 1. The summed E-state index contributed by atoms with van der Waals surface area (Å²) in [6.07, 6.45) is -0.0627. The lowest BCUT2D eigenvalue weighted by Crippen LogP contribution is -2.01.